The van der Waals surface area contributed by atoms with Crippen LogP contribution in [0.25, 0.3) is 0 Å². The first-order valence-corrected chi connectivity index (χ1v) is 11.1. The lowest BCUT2D eigenvalue weighted by Gasteiger charge is -2.57. The molecule has 1 aromatic carbocycles. The number of likely N-dealkylation sites (tertiary alicyclic amines) is 1. The maximum atomic E-state index is 11.4. The number of rotatable bonds is 3. The Kier molecular flexibility index (Phi) is 4.42. The Labute approximate surface area is 184 Å². The van der Waals surface area contributed by atoms with Gasteiger partial charge in [-0.25, -0.2) is 4.79 Å². The van der Waals surface area contributed by atoms with Crippen LogP contribution in [0.1, 0.15) is 24.0 Å². The van der Waals surface area contributed by atoms with Gasteiger partial charge in [0.1, 0.15) is 18.3 Å². The van der Waals surface area contributed by atoms with Gasteiger partial charge in [-0.1, -0.05) is 18.2 Å². The molecule has 1 spiro atoms. The van der Waals surface area contributed by atoms with Crippen molar-refractivity contribution in [2.24, 2.45) is 5.92 Å². The van der Waals surface area contributed by atoms with Crippen molar-refractivity contribution in [3.8, 4) is 11.5 Å². The molecule has 2 bridgehead atoms. The van der Waals surface area contributed by atoms with Crippen LogP contribution in [0.15, 0.2) is 24.3 Å². The van der Waals surface area contributed by atoms with Crippen molar-refractivity contribution in [2.45, 2.75) is 67.5 Å². The van der Waals surface area contributed by atoms with Gasteiger partial charge in [0.05, 0.1) is 6.10 Å². The van der Waals surface area contributed by atoms with E-state index in [2.05, 4.69) is 18.0 Å². The van der Waals surface area contributed by atoms with Crippen LogP contribution in [0.5, 0.6) is 11.5 Å². The van der Waals surface area contributed by atoms with E-state index in [-0.39, 0.29) is 23.5 Å². The van der Waals surface area contributed by atoms with Gasteiger partial charge in [0, 0.05) is 29.4 Å². The number of nitrogens with zero attached hydrogens (tertiary/aromatic N) is 1. The van der Waals surface area contributed by atoms with Gasteiger partial charge in [0.15, 0.2) is 23.9 Å². The smallest absolute Gasteiger partial charge is 0.333 e. The average molecular weight is 445 g/mol. The highest BCUT2D eigenvalue weighted by Crippen LogP contribution is 2.62. The van der Waals surface area contributed by atoms with Gasteiger partial charge < -0.3 is 39.5 Å². The molecule has 1 aromatic rings. The fourth-order valence-electron chi connectivity index (χ4n) is 6.60. The largest absolute Gasteiger partial charge is 0.504 e. The lowest BCUT2D eigenvalue weighted by molar-refractivity contribution is -0.283. The molecular weight excluding hydrogens is 418 g/mol. The molecule has 9 heteroatoms. The van der Waals surface area contributed by atoms with Crippen LogP contribution in [0.2, 0.25) is 0 Å². The lowest BCUT2D eigenvalue weighted by Crippen LogP contribution is -2.65. The third-order valence-corrected chi connectivity index (χ3v) is 8.12. The second-order valence-corrected chi connectivity index (χ2v) is 9.67. The number of benzene rings is 1. The molecule has 9 atom stereocenters. The SMILES string of the molecule is CN1CC[C@]23c4c5ccc(O)c4O[C@H]2[C@@H](O[C@@H]2O[C@H](C(=O)O)C[C@H](O)[C@H]2O)C=C[C@H]3[C@H]1C5. The van der Waals surface area contributed by atoms with Gasteiger partial charge in [-0.3, -0.25) is 0 Å². The van der Waals surface area contributed by atoms with Crippen LogP contribution in [-0.2, 0) is 26.1 Å². The van der Waals surface area contributed by atoms with E-state index in [4.69, 9.17) is 14.2 Å². The van der Waals surface area contributed by atoms with Crippen LogP contribution in [0.4, 0.5) is 0 Å². The van der Waals surface area contributed by atoms with Crippen molar-refractivity contribution in [3.05, 3.63) is 35.4 Å². The molecular formula is C23H27NO8. The minimum atomic E-state index is -1.38. The summed E-state index contributed by atoms with van der Waals surface area (Å²) >= 11 is 0. The molecule has 2 fully saturated rings. The Morgan fingerprint density at radius 2 is 2.09 bits per heavy atom. The summed E-state index contributed by atoms with van der Waals surface area (Å²) in [6.45, 7) is 0.873. The van der Waals surface area contributed by atoms with E-state index >= 15 is 0 Å². The van der Waals surface area contributed by atoms with Gasteiger partial charge in [-0.15, -0.1) is 0 Å². The fraction of sp³-hybridized carbons (Fsp3) is 0.609. The van der Waals surface area contributed by atoms with Gasteiger partial charge in [-0.2, -0.15) is 0 Å². The van der Waals surface area contributed by atoms with Crippen LogP contribution >= 0.6 is 0 Å². The number of aliphatic hydroxyl groups excluding tert-OH is 2. The van der Waals surface area contributed by atoms with E-state index in [1.54, 1.807) is 6.07 Å². The number of likely N-dealkylation sites (N-methyl/N-ethyl adjacent to an activating group) is 1. The minimum Gasteiger partial charge on any atom is -0.504 e. The maximum absolute atomic E-state index is 11.4. The number of piperidine rings is 1. The highest BCUT2D eigenvalue weighted by molar-refractivity contribution is 5.72. The molecule has 172 valence electrons. The summed E-state index contributed by atoms with van der Waals surface area (Å²) in [5.74, 6) is -0.452. The number of hydrogen-bond donors (Lipinski definition) is 4. The molecule has 0 saturated carbocycles. The number of carboxylic acids is 1. The number of hydrogen-bond acceptors (Lipinski definition) is 8. The molecule has 9 nitrogen and oxygen atoms in total. The van der Waals surface area contributed by atoms with Crippen LogP contribution in [-0.4, -0.2) is 87.7 Å². The third kappa shape index (κ3) is 2.60. The van der Waals surface area contributed by atoms with Crippen molar-refractivity contribution in [1.82, 2.24) is 4.90 Å². The number of carbonyl (C=O) groups is 1. The predicted molar refractivity (Wildman–Crippen MR) is 109 cm³/mol. The standard InChI is InChI=1S/C23H27NO8/c1-24-7-6-23-11-3-5-15(30-22-18(27)14(26)9-16(31-22)21(28)29)20(23)32-19-13(25)4-2-10(17(19)23)8-12(11)24/h2-5,11-12,14-16,18,20,22,25-27H,6-9H2,1H3,(H,28,29)/t11-,12+,14-,15-,16-,18+,20-,22+,23-/m0/s1. The van der Waals surface area contributed by atoms with E-state index in [1.807, 2.05) is 12.1 Å². The van der Waals surface area contributed by atoms with Crippen LogP contribution in [0.3, 0.4) is 0 Å². The fourth-order valence-corrected chi connectivity index (χ4v) is 6.60. The van der Waals surface area contributed by atoms with Crippen molar-refractivity contribution in [1.29, 1.82) is 0 Å². The number of phenolic OH excluding ortho intramolecular Hbond substituents is 1. The predicted octanol–water partition coefficient (Wildman–Crippen LogP) is 0.144. The first-order valence-electron chi connectivity index (χ1n) is 11.1. The zero-order chi connectivity index (χ0) is 22.4. The summed E-state index contributed by atoms with van der Waals surface area (Å²) in [5, 5.41) is 40.5. The Morgan fingerprint density at radius 3 is 2.88 bits per heavy atom. The molecule has 2 saturated heterocycles. The summed E-state index contributed by atoms with van der Waals surface area (Å²) in [5.41, 5.74) is 1.82. The van der Waals surface area contributed by atoms with E-state index < -0.39 is 42.8 Å². The normalized spacial score (nSPS) is 44.1. The molecule has 0 aromatic heterocycles. The van der Waals surface area contributed by atoms with E-state index in [0.29, 0.717) is 11.8 Å². The van der Waals surface area contributed by atoms with E-state index in [0.717, 1.165) is 30.5 Å². The second-order valence-electron chi connectivity index (χ2n) is 9.67. The van der Waals surface area contributed by atoms with Crippen molar-refractivity contribution >= 4 is 5.97 Å². The summed E-state index contributed by atoms with van der Waals surface area (Å²) in [7, 11) is 2.13. The summed E-state index contributed by atoms with van der Waals surface area (Å²) in [6.07, 6.45) is -0.836. The first-order chi connectivity index (χ1) is 15.3. The number of aliphatic hydroxyl groups is 2. The molecule has 6 rings (SSSR count). The van der Waals surface area contributed by atoms with Gasteiger partial charge >= 0.3 is 5.97 Å². The summed E-state index contributed by atoms with van der Waals surface area (Å²) < 4.78 is 18.0. The lowest BCUT2D eigenvalue weighted by atomic mass is 9.53. The summed E-state index contributed by atoms with van der Waals surface area (Å²) in [6, 6.07) is 3.94. The molecule has 0 unspecified atom stereocenters. The third-order valence-electron chi connectivity index (χ3n) is 8.12. The molecule has 2 aliphatic carbocycles. The highest BCUT2D eigenvalue weighted by Gasteiger charge is 2.65. The number of carboxylic acid groups (broad SMARTS) is 1. The number of ether oxygens (including phenoxy) is 3. The van der Waals surface area contributed by atoms with Crippen molar-refractivity contribution < 1.29 is 39.4 Å². The second kappa shape index (κ2) is 6.91. The number of aliphatic carboxylic acids is 1. The zero-order valence-corrected chi connectivity index (χ0v) is 17.6. The maximum Gasteiger partial charge on any atom is 0.333 e. The topological polar surface area (TPSA) is 129 Å². The van der Waals surface area contributed by atoms with Crippen LogP contribution < -0.4 is 4.74 Å². The molecule has 3 aliphatic heterocycles. The Hall–Kier alpha value is -2.17. The average Bonchev–Trinajstić information content (AvgIpc) is 3.12. The molecule has 0 amide bonds. The molecule has 4 N–H and O–H groups in total. The molecule has 0 radical (unpaired) electrons. The highest BCUT2D eigenvalue weighted by atomic mass is 16.7. The molecule has 32 heavy (non-hydrogen) atoms. The zero-order valence-electron chi connectivity index (χ0n) is 17.6. The minimum absolute atomic E-state index is 0.0951. The Balaban J connectivity index is 1.39. The van der Waals surface area contributed by atoms with E-state index in [1.165, 1.54) is 0 Å². The Bertz CT molecular complexity index is 996. The Morgan fingerprint density at radius 1 is 1.28 bits per heavy atom. The van der Waals surface area contributed by atoms with Crippen molar-refractivity contribution in [3.63, 3.8) is 0 Å². The first kappa shape index (κ1) is 20.4. The van der Waals surface area contributed by atoms with Crippen LogP contribution in [0, 0.1) is 5.92 Å². The van der Waals surface area contributed by atoms with Gasteiger partial charge in [0.2, 0.25) is 0 Å². The van der Waals surface area contributed by atoms with Gasteiger partial charge in [-0.05, 0) is 38.1 Å². The van der Waals surface area contributed by atoms with E-state index in [9.17, 15) is 25.2 Å². The monoisotopic (exact) mass is 445 g/mol. The molecule has 5 aliphatic rings. The number of phenols is 1. The quantitative estimate of drug-likeness (QED) is 0.480. The number of aromatic hydroxyl groups is 1. The van der Waals surface area contributed by atoms with Crippen molar-refractivity contribution in [2.75, 3.05) is 13.6 Å². The van der Waals surface area contributed by atoms with Gasteiger partial charge in [0.25, 0.3) is 0 Å². The molecule has 3 heterocycles. The summed E-state index contributed by atoms with van der Waals surface area (Å²) in [4.78, 5) is 13.8.